The van der Waals surface area contributed by atoms with Crippen LogP contribution in [0.5, 0.6) is 0 Å². The number of carbonyl (C=O) groups excluding carboxylic acids is 2. The monoisotopic (exact) mass is 341 g/mol. The zero-order valence-electron chi connectivity index (χ0n) is 12.7. The lowest BCUT2D eigenvalue weighted by molar-refractivity contribution is -0.139. The SMILES string of the molecule is CNC(=O)C(=O)NC[C@@H]1OCCCN1S(=O)(=O)c1ccccc1. The molecule has 1 heterocycles. The molecule has 9 heteroatoms. The number of ether oxygens (including phenoxy) is 1. The predicted molar refractivity (Wildman–Crippen MR) is 81.8 cm³/mol. The number of likely N-dealkylation sites (N-methyl/N-ethyl adjacent to an activating group) is 1. The Morgan fingerprint density at radius 3 is 2.61 bits per heavy atom. The molecule has 0 radical (unpaired) electrons. The van der Waals surface area contributed by atoms with Crippen molar-refractivity contribution >= 4 is 21.8 Å². The number of carbonyl (C=O) groups is 2. The van der Waals surface area contributed by atoms with Gasteiger partial charge in [-0.2, -0.15) is 4.31 Å². The van der Waals surface area contributed by atoms with Crippen molar-refractivity contribution in [3.63, 3.8) is 0 Å². The van der Waals surface area contributed by atoms with E-state index in [1.807, 2.05) is 0 Å². The highest BCUT2D eigenvalue weighted by atomic mass is 32.2. The number of amides is 2. The molecule has 0 unspecified atom stereocenters. The molecule has 0 aliphatic carbocycles. The van der Waals surface area contributed by atoms with Gasteiger partial charge in [0.2, 0.25) is 10.0 Å². The van der Waals surface area contributed by atoms with E-state index in [0.717, 1.165) is 0 Å². The largest absolute Gasteiger partial charge is 0.360 e. The zero-order chi connectivity index (χ0) is 16.9. The molecule has 0 aromatic heterocycles. The molecule has 1 aromatic rings. The number of sulfonamides is 1. The van der Waals surface area contributed by atoms with Gasteiger partial charge in [0.05, 0.1) is 18.0 Å². The van der Waals surface area contributed by atoms with Gasteiger partial charge in [-0.3, -0.25) is 9.59 Å². The summed E-state index contributed by atoms with van der Waals surface area (Å²) in [6.07, 6.45) is -0.283. The van der Waals surface area contributed by atoms with Crippen molar-refractivity contribution in [2.24, 2.45) is 0 Å². The van der Waals surface area contributed by atoms with E-state index in [-0.39, 0.29) is 18.0 Å². The van der Waals surface area contributed by atoms with Gasteiger partial charge in [0.15, 0.2) is 0 Å². The van der Waals surface area contributed by atoms with Crippen LogP contribution in [0.4, 0.5) is 0 Å². The Bertz CT molecular complexity index is 662. The molecule has 0 bridgehead atoms. The van der Waals surface area contributed by atoms with Crippen LogP contribution >= 0.6 is 0 Å². The van der Waals surface area contributed by atoms with E-state index in [9.17, 15) is 18.0 Å². The predicted octanol–water partition coefficient (Wildman–Crippen LogP) is -0.714. The lowest BCUT2D eigenvalue weighted by Gasteiger charge is -2.34. The summed E-state index contributed by atoms with van der Waals surface area (Å²) in [7, 11) is -2.39. The van der Waals surface area contributed by atoms with Crippen molar-refractivity contribution in [2.45, 2.75) is 17.5 Å². The molecule has 2 amide bonds. The molecule has 1 saturated heterocycles. The van der Waals surface area contributed by atoms with Crippen LogP contribution in [0.2, 0.25) is 0 Å². The van der Waals surface area contributed by atoms with Crippen molar-refractivity contribution in [1.82, 2.24) is 14.9 Å². The number of rotatable bonds is 4. The molecule has 8 nitrogen and oxygen atoms in total. The van der Waals surface area contributed by atoms with E-state index in [1.54, 1.807) is 18.2 Å². The van der Waals surface area contributed by atoms with Crippen LogP contribution in [0.1, 0.15) is 6.42 Å². The molecule has 2 N–H and O–H groups in total. The van der Waals surface area contributed by atoms with Gasteiger partial charge in [-0.05, 0) is 18.6 Å². The van der Waals surface area contributed by atoms with Gasteiger partial charge in [0, 0.05) is 13.6 Å². The van der Waals surface area contributed by atoms with Gasteiger partial charge in [-0.1, -0.05) is 18.2 Å². The molecular weight excluding hydrogens is 322 g/mol. The number of nitrogens with one attached hydrogen (secondary N) is 2. The molecular formula is C14H19N3O5S. The molecule has 126 valence electrons. The first kappa shape index (κ1) is 17.4. The Morgan fingerprint density at radius 1 is 1.26 bits per heavy atom. The number of hydrogen-bond acceptors (Lipinski definition) is 5. The van der Waals surface area contributed by atoms with E-state index < -0.39 is 28.1 Å². The summed E-state index contributed by atoms with van der Waals surface area (Å²) in [6.45, 7) is 0.581. The second-order valence-electron chi connectivity index (χ2n) is 4.90. The van der Waals surface area contributed by atoms with Crippen LogP contribution in [0.15, 0.2) is 35.2 Å². The van der Waals surface area contributed by atoms with Crippen LogP contribution in [0.3, 0.4) is 0 Å². The maximum Gasteiger partial charge on any atom is 0.309 e. The highest BCUT2D eigenvalue weighted by Crippen LogP contribution is 2.21. The number of benzene rings is 1. The lowest BCUT2D eigenvalue weighted by Crippen LogP contribution is -2.52. The van der Waals surface area contributed by atoms with Gasteiger partial charge in [-0.25, -0.2) is 8.42 Å². The van der Waals surface area contributed by atoms with E-state index in [2.05, 4.69) is 10.6 Å². The molecule has 23 heavy (non-hydrogen) atoms. The van der Waals surface area contributed by atoms with Crippen molar-refractivity contribution in [3.05, 3.63) is 30.3 Å². The topological polar surface area (TPSA) is 105 Å². The lowest BCUT2D eigenvalue weighted by atomic mass is 10.3. The Labute approximate surface area is 134 Å². The molecule has 1 fully saturated rings. The highest BCUT2D eigenvalue weighted by Gasteiger charge is 2.34. The quantitative estimate of drug-likeness (QED) is 0.704. The third-order valence-corrected chi connectivity index (χ3v) is 5.28. The molecule has 1 aromatic carbocycles. The summed E-state index contributed by atoms with van der Waals surface area (Å²) in [4.78, 5) is 22.8. The van der Waals surface area contributed by atoms with E-state index in [0.29, 0.717) is 13.0 Å². The minimum atomic E-state index is -3.73. The minimum Gasteiger partial charge on any atom is -0.360 e. The summed E-state index contributed by atoms with van der Waals surface area (Å²) in [5, 5.41) is 4.57. The number of nitrogens with zero attached hydrogens (tertiary/aromatic N) is 1. The van der Waals surface area contributed by atoms with Gasteiger partial charge in [0.1, 0.15) is 6.23 Å². The summed E-state index contributed by atoms with van der Waals surface area (Å²) in [5.41, 5.74) is 0. The summed E-state index contributed by atoms with van der Waals surface area (Å²) in [5.74, 6) is -1.63. The first-order valence-corrected chi connectivity index (χ1v) is 8.59. The molecule has 1 aliphatic heterocycles. The van der Waals surface area contributed by atoms with Gasteiger partial charge in [-0.15, -0.1) is 0 Å². The van der Waals surface area contributed by atoms with E-state index in [1.165, 1.54) is 23.5 Å². The smallest absolute Gasteiger partial charge is 0.309 e. The van der Waals surface area contributed by atoms with Crippen molar-refractivity contribution in [1.29, 1.82) is 0 Å². The van der Waals surface area contributed by atoms with Crippen LogP contribution in [-0.2, 0) is 24.3 Å². The Balaban J connectivity index is 2.12. The number of hydrogen-bond donors (Lipinski definition) is 2. The second kappa shape index (κ2) is 7.53. The summed E-state index contributed by atoms with van der Waals surface area (Å²) >= 11 is 0. The fraction of sp³-hybridized carbons (Fsp3) is 0.429. The molecule has 0 saturated carbocycles. The molecule has 0 spiro atoms. The summed E-state index contributed by atoms with van der Waals surface area (Å²) < 4.78 is 32.0. The maximum atomic E-state index is 12.7. The van der Waals surface area contributed by atoms with Crippen LogP contribution < -0.4 is 10.6 Å². The van der Waals surface area contributed by atoms with E-state index >= 15 is 0 Å². The molecule has 2 rings (SSSR count). The van der Waals surface area contributed by atoms with Gasteiger partial charge >= 0.3 is 11.8 Å². The Kier molecular flexibility index (Phi) is 5.69. The third kappa shape index (κ3) is 4.06. The Hall–Kier alpha value is -1.97. The van der Waals surface area contributed by atoms with Crippen LogP contribution in [0, 0.1) is 0 Å². The van der Waals surface area contributed by atoms with Gasteiger partial charge in [0.25, 0.3) is 0 Å². The minimum absolute atomic E-state index is 0.0989. The zero-order valence-corrected chi connectivity index (χ0v) is 13.5. The average molecular weight is 341 g/mol. The van der Waals surface area contributed by atoms with Gasteiger partial charge < -0.3 is 15.4 Å². The highest BCUT2D eigenvalue weighted by molar-refractivity contribution is 7.89. The first-order valence-electron chi connectivity index (χ1n) is 7.15. The standard InChI is InChI=1S/C14H19N3O5S/c1-15-13(18)14(19)16-10-12-17(8-5-9-22-12)23(20,21)11-6-3-2-4-7-11/h2-4,6-7,12H,5,8-10H2,1H3,(H,15,18)(H,16,19)/t12-/m0/s1. The van der Waals surface area contributed by atoms with Crippen LogP contribution in [-0.4, -0.2) is 57.5 Å². The van der Waals surface area contributed by atoms with Crippen LogP contribution in [0.25, 0.3) is 0 Å². The fourth-order valence-electron chi connectivity index (χ4n) is 2.20. The molecule has 1 aliphatic rings. The van der Waals surface area contributed by atoms with Crippen molar-refractivity contribution in [3.8, 4) is 0 Å². The second-order valence-corrected chi connectivity index (χ2v) is 6.79. The van der Waals surface area contributed by atoms with Crippen molar-refractivity contribution < 1.29 is 22.7 Å². The van der Waals surface area contributed by atoms with Crippen molar-refractivity contribution in [2.75, 3.05) is 26.7 Å². The third-order valence-electron chi connectivity index (χ3n) is 3.37. The fourth-order valence-corrected chi connectivity index (χ4v) is 3.79. The summed E-state index contributed by atoms with van der Waals surface area (Å²) in [6, 6.07) is 8.01. The van der Waals surface area contributed by atoms with E-state index in [4.69, 9.17) is 4.74 Å². The molecule has 1 atom stereocenters. The first-order chi connectivity index (χ1) is 11.0. The normalized spacial score (nSPS) is 19.1. The average Bonchev–Trinajstić information content (AvgIpc) is 2.59. The Morgan fingerprint density at radius 2 is 1.96 bits per heavy atom. The maximum absolute atomic E-state index is 12.7.